The lowest BCUT2D eigenvalue weighted by Crippen LogP contribution is -2.33. The van der Waals surface area contributed by atoms with Crippen LogP contribution in [0.3, 0.4) is 0 Å². The minimum absolute atomic E-state index is 0.0998. The third kappa shape index (κ3) is 4.42. The number of methoxy groups -OCH3 is 1. The van der Waals surface area contributed by atoms with Crippen LogP contribution in [-0.2, 0) is 16.1 Å². The molecule has 1 aromatic heterocycles. The minimum Gasteiger partial charge on any atom is -0.468 e. The Morgan fingerprint density at radius 3 is 2.52 bits per heavy atom. The lowest BCUT2D eigenvalue weighted by molar-refractivity contribution is -0.142. The maximum atomic E-state index is 11.8. The summed E-state index contributed by atoms with van der Waals surface area (Å²) in [6, 6.07) is 10.3. The van der Waals surface area contributed by atoms with Gasteiger partial charge in [0.25, 0.3) is 0 Å². The van der Waals surface area contributed by atoms with E-state index in [9.17, 15) is 4.79 Å². The lowest BCUT2D eigenvalue weighted by atomic mass is 10.0. The van der Waals surface area contributed by atoms with E-state index in [1.807, 2.05) is 36.9 Å². The predicted octanol–water partition coefficient (Wildman–Crippen LogP) is 3.42. The van der Waals surface area contributed by atoms with E-state index in [1.165, 1.54) is 12.7 Å². The average molecular weight is 316 g/mol. The Kier molecular flexibility index (Phi) is 5.93. The third-order valence-corrected chi connectivity index (χ3v) is 3.98. The molecule has 1 aromatic carbocycles. The number of nitrogens with zero attached hydrogens (tertiary/aromatic N) is 2. The SMILES string of the molecule is CC[C@H](c1ccccc1)N(CC(=O)OC)Cc1nc(C)c(C)o1. The topological polar surface area (TPSA) is 55.6 Å². The van der Waals surface area contributed by atoms with Gasteiger partial charge in [0.1, 0.15) is 5.76 Å². The van der Waals surface area contributed by atoms with Gasteiger partial charge in [-0.05, 0) is 25.8 Å². The van der Waals surface area contributed by atoms with Gasteiger partial charge >= 0.3 is 5.97 Å². The molecule has 124 valence electrons. The van der Waals surface area contributed by atoms with E-state index in [0.29, 0.717) is 12.4 Å². The maximum Gasteiger partial charge on any atom is 0.319 e. The molecular formula is C18H24N2O3. The molecule has 0 aliphatic heterocycles. The van der Waals surface area contributed by atoms with Crippen molar-refractivity contribution in [2.75, 3.05) is 13.7 Å². The molecule has 23 heavy (non-hydrogen) atoms. The first-order valence-electron chi connectivity index (χ1n) is 7.83. The number of oxazole rings is 1. The van der Waals surface area contributed by atoms with Crippen LogP contribution in [0.25, 0.3) is 0 Å². The second-order valence-corrected chi connectivity index (χ2v) is 5.57. The van der Waals surface area contributed by atoms with Crippen molar-refractivity contribution in [2.24, 2.45) is 0 Å². The molecule has 0 bridgehead atoms. The van der Waals surface area contributed by atoms with Gasteiger partial charge in [0, 0.05) is 6.04 Å². The smallest absolute Gasteiger partial charge is 0.319 e. The van der Waals surface area contributed by atoms with Crippen LogP contribution in [0.4, 0.5) is 0 Å². The minimum atomic E-state index is -0.264. The van der Waals surface area contributed by atoms with Crippen LogP contribution in [0.2, 0.25) is 0 Å². The van der Waals surface area contributed by atoms with Crippen LogP contribution in [0, 0.1) is 13.8 Å². The Bertz CT molecular complexity index is 617. The fourth-order valence-corrected chi connectivity index (χ4v) is 2.67. The van der Waals surface area contributed by atoms with E-state index < -0.39 is 0 Å². The number of hydrogen-bond donors (Lipinski definition) is 0. The summed E-state index contributed by atoms with van der Waals surface area (Å²) < 4.78 is 10.5. The molecule has 2 rings (SSSR count). The molecule has 1 atom stereocenters. The summed E-state index contributed by atoms with van der Waals surface area (Å²) in [5, 5.41) is 0. The number of ether oxygens (including phenoxy) is 1. The number of benzene rings is 1. The second-order valence-electron chi connectivity index (χ2n) is 5.57. The number of carbonyl (C=O) groups is 1. The molecule has 0 amide bonds. The highest BCUT2D eigenvalue weighted by atomic mass is 16.5. The first-order chi connectivity index (χ1) is 11.0. The van der Waals surface area contributed by atoms with Crippen molar-refractivity contribution in [3.05, 3.63) is 53.2 Å². The van der Waals surface area contributed by atoms with Crippen LogP contribution < -0.4 is 0 Å². The van der Waals surface area contributed by atoms with Crippen molar-refractivity contribution >= 4 is 5.97 Å². The summed E-state index contributed by atoms with van der Waals surface area (Å²) in [5.74, 6) is 1.17. The molecule has 0 unspecified atom stereocenters. The van der Waals surface area contributed by atoms with Crippen LogP contribution >= 0.6 is 0 Å². The van der Waals surface area contributed by atoms with E-state index in [1.54, 1.807) is 0 Å². The first-order valence-corrected chi connectivity index (χ1v) is 7.83. The zero-order valence-corrected chi connectivity index (χ0v) is 14.2. The van der Waals surface area contributed by atoms with Crippen LogP contribution in [0.5, 0.6) is 0 Å². The molecule has 0 spiro atoms. The molecule has 0 aliphatic rings. The van der Waals surface area contributed by atoms with Crippen molar-refractivity contribution in [1.29, 1.82) is 0 Å². The monoisotopic (exact) mass is 316 g/mol. The molecule has 0 fully saturated rings. The van der Waals surface area contributed by atoms with Gasteiger partial charge < -0.3 is 9.15 Å². The second kappa shape index (κ2) is 7.92. The van der Waals surface area contributed by atoms with E-state index >= 15 is 0 Å². The van der Waals surface area contributed by atoms with Gasteiger partial charge in [-0.25, -0.2) is 4.98 Å². The van der Waals surface area contributed by atoms with Gasteiger partial charge in [0.15, 0.2) is 0 Å². The molecule has 0 aliphatic carbocycles. The average Bonchev–Trinajstić information content (AvgIpc) is 2.86. The van der Waals surface area contributed by atoms with Gasteiger partial charge in [0.2, 0.25) is 5.89 Å². The predicted molar refractivity (Wildman–Crippen MR) is 87.9 cm³/mol. The fraction of sp³-hybridized carbons (Fsp3) is 0.444. The Morgan fingerprint density at radius 2 is 2.00 bits per heavy atom. The number of esters is 1. The molecule has 2 aromatic rings. The fourth-order valence-electron chi connectivity index (χ4n) is 2.67. The third-order valence-electron chi connectivity index (χ3n) is 3.98. The van der Waals surface area contributed by atoms with Gasteiger partial charge in [-0.3, -0.25) is 9.69 Å². The summed E-state index contributed by atoms with van der Waals surface area (Å²) in [7, 11) is 1.41. The van der Waals surface area contributed by atoms with E-state index in [2.05, 4.69) is 24.0 Å². The Balaban J connectivity index is 2.26. The van der Waals surface area contributed by atoms with E-state index in [4.69, 9.17) is 9.15 Å². The summed E-state index contributed by atoms with van der Waals surface area (Å²) in [6.45, 7) is 6.59. The van der Waals surface area contributed by atoms with Crippen LogP contribution in [0.1, 0.15) is 42.3 Å². The molecule has 0 saturated carbocycles. The largest absolute Gasteiger partial charge is 0.468 e. The maximum absolute atomic E-state index is 11.8. The molecule has 0 saturated heterocycles. The highest BCUT2D eigenvalue weighted by Crippen LogP contribution is 2.26. The summed E-state index contributed by atoms with van der Waals surface area (Å²) >= 11 is 0. The van der Waals surface area contributed by atoms with Crippen molar-refractivity contribution in [3.63, 3.8) is 0 Å². The van der Waals surface area contributed by atoms with Gasteiger partial charge in [-0.1, -0.05) is 37.3 Å². The van der Waals surface area contributed by atoms with E-state index in [-0.39, 0.29) is 18.6 Å². The number of aromatic nitrogens is 1. The zero-order valence-electron chi connectivity index (χ0n) is 14.2. The lowest BCUT2D eigenvalue weighted by Gasteiger charge is -2.29. The normalized spacial score (nSPS) is 12.4. The highest BCUT2D eigenvalue weighted by molar-refractivity contribution is 5.71. The number of aryl methyl sites for hydroxylation is 2. The van der Waals surface area contributed by atoms with E-state index in [0.717, 1.165) is 17.9 Å². The molecule has 0 radical (unpaired) electrons. The molecular weight excluding hydrogens is 292 g/mol. The van der Waals surface area contributed by atoms with Crippen LogP contribution in [-0.4, -0.2) is 29.5 Å². The highest BCUT2D eigenvalue weighted by Gasteiger charge is 2.24. The quantitative estimate of drug-likeness (QED) is 0.733. The Morgan fingerprint density at radius 1 is 1.30 bits per heavy atom. The van der Waals surface area contributed by atoms with Crippen LogP contribution in [0.15, 0.2) is 34.7 Å². The summed E-state index contributed by atoms with van der Waals surface area (Å²) in [6.07, 6.45) is 0.875. The molecule has 0 N–H and O–H groups in total. The standard InChI is InChI=1S/C18H24N2O3/c1-5-16(15-9-7-6-8-10-15)20(12-18(21)22-4)11-17-19-13(2)14(3)23-17/h6-10,16H,5,11-12H2,1-4H3/t16-/m1/s1. The van der Waals surface area contributed by atoms with Crippen molar-refractivity contribution in [2.45, 2.75) is 39.8 Å². The number of hydrogen-bond acceptors (Lipinski definition) is 5. The molecule has 5 nitrogen and oxygen atoms in total. The molecule has 1 heterocycles. The summed E-state index contributed by atoms with van der Waals surface area (Å²) in [4.78, 5) is 18.3. The van der Waals surface area contributed by atoms with Crippen molar-refractivity contribution in [3.8, 4) is 0 Å². The van der Waals surface area contributed by atoms with Gasteiger partial charge in [-0.15, -0.1) is 0 Å². The zero-order chi connectivity index (χ0) is 16.8. The number of carbonyl (C=O) groups excluding carboxylic acids is 1. The van der Waals surface area contributed by atoms with Crippen molar-refractivity contribution < 1.29 is 13.9 Å². The van der Waals surface area contributed by atoms with Gasteiger partial charge in [0.05, 0.1) is 25.9 Å². The molecule has 5 heteroatoms. The Labute approximate surface area is 137 Å². The summed E-state index contributed by atoms with van der Waals surface area (Å²) in [5.41, 5.74) is 2.05. The first kappa shape index (κ1) is 17.2. The van der Waals surface area contributed by atoms with Gasteiger partial charge in [-0.2, -0.15) is 0 Å². The Hall–Kier alpha value is -2.14. The van der Waals surface area contributed by atoms with Crippen molar-refractivity contribution in [1.82, 2.24) is 9.88 Å². The number of rotatable bonds is 7.